The Morgan fingerprint density at radius 3 is 2.86 bits per heavy atom. The molecular formula is C17H22N2O3. The SMILES string of the molecule is CCn1ccc2cc(C(=O)N3CC[C@@H](CO)[C@H](O)C3)ccc21. The Labute approximate surface area is 129 Å². The predicted molar refractivity (Wildman–Crippen MR) is 84.7 cm³/mol. The van der Waals surface area contributed by atoms with Crippen LogP contribution in [0.2, 0.25) is 0 Å². The Hall–Kier alpha value is -1.85. The number of piperidine rings is 1. The number of likely N-dealkylation sites (tertiary alicyclic amines) is 1. The Bertz CT molecular complexity index is 680. The largest absolute Gasteiger partial charge is 0.396 e. The number of amides is 1. The lowest BCUT2D eigenvalue weighted by atomic mass is 9.94. The summed E-state index contributed by atoms with van der Waals surface area (Å²) in [6.07, 6.45) is 2.01. The highest BCUT2D eigenvalue weighted by atomic mass is 16.3. The van der Waals surface area contributed by atoms with Crippen LogP contribution in [0.1, 0.15) is 23.7 Å². The van der Waals surface area contributed by atoms with Gasteiger partial charge in [0.2, 0.25) is 0 Å². The zero-order chi connectivity index (χ0) is 15.7. The first-order chi connectivity index (χ1) is 10.6. The molecule has 0 aliphatic carbocycles. The maximum atomic E-state index is 12.6. The van der Waals surface area contributed by atoms with E-state index in [-0.39, 0.29) is 25.0 Å². The van der Waals surface area contributed by atoms with Gasteiger partial charge in [-0.05, 0) is 37.6 Å². The Kier molecular flexibility index (Phi) is 4.18. The highest BCUT2D eigenvalue weighted by molar-refractivity contribution is 5.98. The van der Waals surface area contributed by atoms with Gasteiger partial charge in [-0.1, -0.05) is 0 Å². The molecule has 2 heterocycles. The van der Waals surface area contributed by atoms with Crippen molar-refractivity contribution in [1.82, 2.24) is 9.47 Å². The number of fused-ring (bicyclic) bond motifs is 1. The van der Waals surface area contributed by atoms with Crippen LogP contribution >= 0.6 is 0 Å². The summed E-state index contributed by atoms with van der Waals surface area (Å²) in [4.78, 5) is 14.3. The number of aromatic nitrogens is 1. The van der Waals surface area contributed by atoms with Crippen molar-refractivity contribution in [3.63, 3.8) is 0 Å². The van der Waals surface area contributed by atoms with Gasteiger partial charge in [-0.2, -0.15) is 0 Å². The van der Waals surface area contributed by atoms with Gasteiger partial charge in [0.05, 0.1) is 6.10 Å². The van der Waals surface area contributed by atoms with Crippen LogP contribution in [-0.2, 0) is 6.54 Å². The van der Waals surface area contributed by atoms with Crippen molar-refractivity contribution >= 4 is 16.8 Å². The summed E-state index contributed by atoms with van der Waals surface area (Å²) < 4.78 is 2.14. The molecule has 2 N–H and O–H groups in total. The number of nitrogens with zero attached hydrogens (tertiary/aromatic N) is 2. The van der Waals surface area contributed by atoms with Gasteiger partial charge < -0.3 is 19.7 Å². The Morgan fingerprint density at radius 2 is 2.18 bits per heavy atom. The third-order valence-corrected chi connectivity index (χ3v) is 4.60. The molecule has 0 radical (unpaired) electrons. The van der Waals surface area contributed by atoms with Crippen molar-refractivity contribution in [1.29, 1.82) is 0 Å². The van der Waals surface area contributed by atoms with E-state index in [9.17, 15) is 15.0 Å². The van der Waals surface area contributed by atoms with Gasteiger partial charge in [-0.3, -0.25) is 4.79 Å². The summed E-state index contributed by atoms with van der Waals surface area (Å²) >= 11 is 0. The molecule has 5 heteroatoms. The molecule has 2 atom stereocenters. The molecule has 1 fully saturated rings. The van der Waals surface area contributed by atoms with Gasteiger partial charge in [0.1, 0.15) is 0 Å². The van der Waals surface area contributed by atoms with Crippen LogP contribution in [0.3, 0.4) is 0 Å². The molecule has 5 nitrogen and oxygen atoms in total. The summed E-state index contributed by atoms with van der Waals surface area (Å²) in [5, 5.41) is 20.2. The lowest BCUT2D eigenvalue weighted by molar-refractivity contribution is 0.000884. The number of aryl methyl sites for hydroxylation is 1. The minimum absolute atomic E-state index is 0.0281. The van der Waals surface area contributed by atoms with Crippen LogP contribution in [0.4, 0.5) is 0 Å². The van der Waals surface area contributed by atoms with E-state index in [4.69, 9.17) is 0 Å². The normalized spacial score (nSPS) is 22.2. The quantitative estimate of drug-likeness (QED) is 0.902. The average molecular weight is 302 g/mol. The molecule has 3 rings (SSSR count). The molecule has 1 aliphatic heterocycles. The number of rotatable bonds is 3. The molecule has 22 heavy (non-hydrogen) atoms. The van der Waals surface area contributed by atoms with Crippen molar-refractivity contribution in [2.75, 3.05) is 19.7 Å². The number of hydrogen-bond acceptors (Lipinski definition) is 3. The van der Waals surface area contributed by atoms with E-state index in [0.717, 1.165) is 17.4 Å². The van der Waals surface area contributed by atoms with Crippen LogP contribution in [0.5, 0.6) is 0 Å². The summed E-state index contributed by atoms with van der Waals surface area (Å²) in [7, 11) is 0. The zero-order valence-electron chi connectivity index (χ0n) is 12.8. The number of carbonyl (C=O) groups is 1. The molecule has 1 aromatic carbocycles. The fraction of sp³-hybridized carbons (Fsp3) is 0.471. The van der Waals surface area contributed by atoms with E-state index in [1.54, 1.807) is 4.90 Å². The molecule has 1 saturated heterocycles. The fourth-order valence-corrected chi connectivity index (χ4v) is 3.17. The van der Waals surface area contributed by atoms with Crippen LogP contribution in [-0.4, -0.2) is 51.4 Å². The average Bonchev–Trinajstić information content (AvgIpc) is 2.96. The van der Waals surface area contributed by atoms with E-state index in [2.05, 4.69) is 11.5 Å². The van der Waals surface area contributed by atoms with Crippen LogP contribution in [0.15, 0.2) is 30.5 Å². The molecule has 0 spiro atoms. The second kappa shape index (κ2) is 6.10. The molecule has 0 saturated carbocycles. The van der Waals surface area contributed by atoms with E-state index >= 15 is 0 Å². The topological polar surface area (TPSA) is 65.7 Å². The predicted octanol–water partition coefficient (Wildman–Crippen LogP) is 1.48. The highest BCUT2D eigenvalue weighted by Gasteiger charge is 2.30. The maximum Gasteiger partial charge on any atom is 0.253 e. The van der Waals surface area contributed by atoms with Crippen LogP contribution < -0.4 is 0 Å². The van der Waals surface area contributed by atoms with Crippen molar-refractivity contribution in [2.45, 2.75) is 26.0 Å². The standard InChI is InChI=1S/C17H22N2O3/c1-2-18-7-5-12-9-13(3-4-15(12)18)17(22)19-8-6-14(11-20)16(21)10-19/h3-5,7,9,14,16,20-21H,2,6,8,10-11H2,1H3/t14-,16+/m0/s1. The first-order valence-corrected chi connectivity index (χ1v) is 7.81. The number of aliphatic hydroxyl groups is 2. The van der Waals surface area contributed by atoms with Gasteiger partial charge in [0, 0.05) is 54.8 Å². The van der Waals surface area contributed by atoms with Crippen molar-refractivity contribution in [3.8, 4) is 0 Å². The second-order valence-corrected chi connectivity index (χ2v) is 5.93. The van der Waals surface area contributed by atoms with Gasteiger partial charge in [0.15, 0.2) is 0 Å². The number of benzene rings is 1. The van der Waals surface area contributed by atoms with Crippen LogP contribution in [0, 0.1) is 5.92 Å². The third-order valence-electron chi connectivity index (χ3n) is 4.60. The van der Waals surface area contributed by atoms with Crippen molar-refractivity contribution in [3.05, 3.63) is 36.0 Å². The molecule has 1 amide bonds. The highest BCUT2D eigenvalue weighted by Crippen LogP contribution is 2.22. The summed E-state index contributed by atoms with van der Waals surface area (Å²) in [6.45, 7) is 3.83. The molecule has 1 aliphatic rings. The molecule has 1 aromatic heterocycles. The summed E-state index contributed by atoms with van der Waals surface area (Å²) in [5.41, 5.74) is 1.77. The van der Waals surface area contributed by atoms with Gasteiger partial charge in [-0.25, -0.2) is 0 Å². The number of aliphatic hydroxyl groups excluding tert-OH is 2. The zero-order valence-corrected chi connectivity index (χ0v) is 12.8. The number of hydrogen-bond donors (Lipinski definition) is 2. The molecule has 2 aromatic rings. The molecule has 118 valence electrons. The van der Waals surface area contributed by atoms with E-state index in [0.29, 0.717) is 18.5 Å². The smallest absolute Gasteiger partial charge is 0.253 e. The molecule has 0 bridgehead atoms. The van der Waals surface area contributed by atoms with Crippen LogP contribution in [0.25, 0.3) is 10.9 Å². The first kappa shape index (κ1) is 15.1. The maximum absolute atomic E-state index is 12.6. The van der Waals surface area contributed by atoms with Crippen molar-refractivity contribution in [2.24, 2.45) is 5.92 Å². The lowest BCUT2D eigenvalue weighted by Gasteiger charge is -2.35. The third kappa shape index (κ3) is 2.62. The van der Waals surface area contributed by atoms with E-state index < -0.39 is 6.10 Å². The monoisotopic (exact) mass is 302 g/mol. The van der Waals surface area contributed by atoms with Gasteiger partial charge >= 0.3 is 0 Å². The number of β-amino-alcohol motifs (C(OH)–C–C–N with tert-alkyl or cyclic N) is 1. The minimum atomic E-state index is -0.646. The minimum Gasteiger partial charge on any atom is -0.396 e. The molecular weight excluding hydrogens is 280 g/mol. The van der Waals surface area contributed by atoms with E-state index in [1.807, 2.05) is 30.5 Å². The lowest BCUT2D eigenvalue weighted by Crippen LogP contribution is -2.47. The first-order valence-electron chi connectivity index (χ1n) is 7.81. The van der Waals surface area contributed by atoms with E-state index in [1.165, 1.54) is 0 Å². The molecule has 0 unspecified atom stereocenters. The van der Waals surface area contributed by atoms with Crippen molar-refractivity contribution < 1.29 is 15.0 Å². The fourth-order valence-electron chi connectivity index (χ4n) is 3.17. The Morgan fingerprint density at radius 1 is 1.36 bits per heavy atom. The van der Waals surface area contributed by atoms with Gasteiger partial charge in [-0.15, -0.1) is 0 Å². The summed E-state index contributed by atoms with van der Waals surface area (Å²) in [5.74, 6) is -0.174. The van der Waals surface area contributed by atoms with Gasteiger partial charge in [0.25, 0.3) is 5.91 Å². The number of carbonyl (C=O) groups excluding carboxylic acids is 1. The second-order valence-electron chi connectivity index (χ2n) is 5.93. The Balaban J connectivity index is 1.80. The summed E-state index contributed by atoms with van der Waals surface area (Å²) in [6, 6.07) is 7.75.